The Bertz CT molecular complexity index is 463. The highest BCUT2D eigenvalue weighted by atomic mass is 79.9. The Morgan fingerprint density at radius 2 is 2.10 bits per heavy atom. The van der Waals surface area contributed by atoms with Gasteiger partial charge in [-0.1, -0.05) is 0 Å². The molecule has 1 aromatic rings. The van der Waals surface area contributed by atoms with Crippen LogP contribution in [0.4, 0.5) is 18.9 Å². The molecule has 0 unspecified atom stereocenters. The summed E-state index contributed by atoms with van der Waals surface area (Å²) in [6, 6.07) is 3.12. The molecule has 3 nitrogen and oxygen atoms in total. The highest BCUT2D eigenvalue weighted by molar-refractivity contribution is 9.10. The molecule has 1 aromatic carbocycles. The fourth-order valence-corrected chi connectivity index (χ4v) is 1.83. The van der Waals surface area contributed by atoms with Gasteiger partial charge in [-0.05, 0) is 47.5 Å². The van der Waals surface area contributed by atoms with Crippen LogP contribution < -0.4 is 5.32 Å². The smallest absolute Gasteiger partial charge is 0.382 e. The van der Waals surface area contributed by atoms with E-state index in [1.165, 1.54) is 6.07 Å². The molecule has 0 atom stereocenters. The third kappa shape index (κ3) is 5.50. The maximum Gasteiger partial charge on any atom is 0.416 e. The Morgan fingerprint density at radius 1 is 1.40 bits per heavy atom. The molecule has 0 aliphatic rings. The van der Waals surface area contributed by atoms with Crippen molar-refractivity contribution in [3.8, 4) is 0 Å². The topological polar surface area (TPSA) is 38.3 Å². The average Bonchev–Trinajstić information content (AvgIpc) is 2.36. The summed E-state index contributed by atoms with van der Waals surface area (Å²) in [7, 11) is 0. The highest BCUT2D eigenvalue weighted by Gasteiger charge is 2.31. The number of hydrogen-bond donors (Lipinski definition) is 1. The summed E-state index contributed by atoms with van der Waals surface area (Å²) in [5.41, 5.74) is -0.688. The number of carbonyl (C=O) groups excluding carboxylic acids is 1. The lowest BCUT2D eigenvalue weighted by Gasteiger charge is -2.11. The van der Waals surface area contributed by atoms with Gasteiger partial charge in [-0.15, -0.1) is 0 Å². The second kappa shape index (κ2) is 7.64. The van der Waals surface area contributed by atoms with Gasteiger partial charge in [0.2, 0.25) is 5.91 Å². The Hall–Kier alpha value is -1.08. The van der Waals surface area contributed by atoms with Gasteiger partial charge in [0, 0.05) is 24.1 Å². The monoisotopic (exact) mass is 353 g/mol. The molecule has 0 spiro atoms. The first-order valence-electron chi connectivity index (χ1n) is 6.09. The first-order chi connectivity index (χ1) is 9.34. The lowest BCUT2D eigenvalue weighted by molar-refractivity contribution is -0.137. The van der Waals surface area contributed by atoms with Crippen LogP contribution in [0.1, 0.15) is 25.3 Å². The van der Waals surface area contributed by atoms with E-state index < -0.39 is 11.7 Å². The zero-order chi connectivity index (χ0) is 15.2. The molecule has 0 radical (unpaired) electrons. The quantitative estimate of drug-likeness (QED) is 0.777. The predicted molar refractivity (Wildman–Crippen MR) is 73.5 cm³/mol. The van der Waals surface area contributed by atoms with Crippen molar-refractivity contribution in [2.75, 3.05) is 18.5 Å². The van der Waals surface area contributed by atoms with Gasteiger partial charge in [-0.25, -0.2) is 0 Å². The van der Waals surface area contributed by atoms with E-state index in [1.807, 2.05) is 6.92 Å². The van der Waals surface area contributed by atoms with E-state index in [0.29, 0.717) is 24.1 Å². The minimum atomic E-state index is -4.44. The summed E-state index contributed by atoms with van der Waals surface area (Å²) in [5.74, 6) is -0.343. The van der Waals surface area contributed by atoms with Crippen LogP contribution in [0.2, 0.25) is 0 Å². The second-order valence-corrected chi connectivity index (χ2v) is 4.90. The van der Waals surface area contributed by atoms with Crippen LogP contribution >= 0.6 is 15.9 Å². The lowest BCUT2D eigenvalue weighted by Crippen LogP contribution is -2.14. The summed E-state index contributed by atoms with van der Waals surface area (Å²) < 4.78 is 43.2. The van der Waals surface area contributed by atoms with E-state index in [2.05, 4.69) is 21.2 Å². The molecule has 0 aromatic heterocycles. The molecular formula is C13H15BrF3NO2. The molecule has 7 heteroatoms. The van der Waals surface area contributed by atoms with Crippen LogP contribution in [-0.2, 0) is 15.7 Å². The zero-order valence-corrected chi connectivity index (χ0v) is 12.5. The van der Waals surface area contributed by atoms with Crippen LogP contribution in [0, 0.1) is 0 Å². The van der Waals surface area contributed by atoms with E-state index in [-0.39, 0.29) is 18.0 Å². The maximum absolute atomic E-state index is 12.6. The van der Waals surface area contributed by atoms with E-state index in [0.717, 1.165) is 12.1 Å². The molecule has 1 N–H and O–H groups in total. The standard InChI is InChI=1S/C13H15BrF3NO2/c1-2-20-7-3-4-12(19)18-11-8-9(13(15,16)17)5-6-10(11)14/h5-6,8H,2-4,7H2,1H3,(H,18,19). The molecule has 0 bridgehead atoms. The number of hydrogen-bond acceptors (Lipinski definition) is 2. The Morgan fingerprint density at radius 3 is 2.70 bits per heavy atom. The largest absolute Gasteiger partial charge is 0.416 e. The minimum absolute atomic E-state index is 0.112. The number of amides is 1. The van der Waals surface area contributed by atoms with E-state index in [1.54, 1.807) is 0 Å². The number of rotatable bonds is 6. The SMILES string of the molecule is CCOCCCC(=O)Nc1cc(C(F)(F)F)ccc1Br. The van der Waals surface area contributed by atoms with Crippen LogP contribution in [0.15, 0.2) is 22.7 Å². The van der Waals surface area contributed by atoms with Gasteiger partial charge in [0.05, 0.1) is 11.3 Å². The average molecular weight is 354 g/mol. The first kappa shape index (κ1) is 17.0. The number of nitrogens with one attached hydrogen (secondary N) is 1. The first-order valence-corrected chi connectivity index (χ1v) is 6.88. The van der Waals surface area contributed by atoms with Gasteiger partial charge in [-0.3, -0.25) is 4.79 Å². The van der Waals surface area contributed by atoms with Crippen LogP contribution in [-0.4, -0.2) is 19.1 Å². The predicted octanol–water partition coefficient (Wildman–Crippen LogP) is 4.22. The summed E-state index contributed by atoms with van der Waals surface area (Å²) in [5, 5.41) is 2.46. The molecule has 20 heavy (non-hydrogen) atoms. The third-order valence-corrected chi connectivity index (χ3v) is 3.16. The van der Waals surface area contributed by atoms with Crippen molar-refractivity contribution in [1.82, 2.24) is 0 Å². The summed E-state index contributed by atoms with van der Waals surface area (Å²) in [6.07, 6.45) is -3.71. The van der Waals surface area contributed by atoms with Crippen molar-refractivity contribution < 1.29 is 22.7 Å². The summed E-state index contributed by atoms with van der Waals surface area (Å²) in [6.45, 7) is 2.87. The molecule has 0 aliphatic carbocycles. The lowest BCUT2D eigenvalue weighted by atomic mass is 10.2. The van der Waals surface area contributed by atoms with Gasteiger partial charge in [0.1, 0.15) is 0 Å². The Kier molecular flexibility index (Phi) is 6.48. The minimum Gasteiger partial charge on any atom is -0.382 e. The van der Waals surface area contributed by atoms with Gasteiger partial charge in [0.15, 0.2) is 0 Å². The Labute approximate surface area is 123 Å². The van der Waals surface area contributed by atoms with Crippen molar-refractivity contribution >= 4 is 27.5 Å². The van der Waals surface area contributed by atoms with Crippen molar-refractivity contribution in [3.05, 3.63) is 28.2 Å². The van der Waals surface area contributed by atoms with Crippen molar-refractivity contribution in [1.29, 1.82) is 0 Å². The molecule has 0 aliphatic heterocycles. The van der Waals surface area contributed by atoms with E-state index >= 15 is 0 Å². The molecule has 0 fully saturated rings. The summed E-state index contributed by atoms with van der Waals surface area (Å²) >= 11 is 3.11. The normalized spacial score (nSPS) is 11.4. The molecule has 1 amide bonds. The zero-order valence-electron chi connectivity index (χ0n) is 10.9. The van der Waals surface area contributed by atoms with Gasteiger partial charge < -0.3 is 10.1 Å². The number of benzene rings is 1. The van der Waals surface area contributed by atoms with Crippen LogP contribution in [0.3, 0.4) is 0 Å². The molecule has 0 saturated heterocycles. The number of ether oxygens (including phenoxy) is 1. The van der Waals surface area contributed by atoms with Gasteiger partial charge >= 0.3 is 6.18 Å². The van der Waals surface area contributed by atoms with E-state index in [4.69, 9.17) is 4.74 Å². The molecule has 112 valence electrons. The Balaban J connectivity index is 2.65. The van der Waals surface area contributed by atoms with Crippen LogP contribution in [0.5, 0.6) is 0 Å². The fraction of sp³-hybridized carbons (Fsp3) is 0.462. The third-order valence-electron chi connectivity index (χ3n) is 2.46. The van der Waals surface area contributed by atoms with Gasteiger partial charge in [0.25, 0.3) is 0 Å². The maximum atomic E-state index is 12.6. The second-order valence-electron chi connectivity index (χ2n) is 4.04. The molecular weight excluding hydrogens is 339 g/mol. The fourth-order valence-electron chi connectivity index (χ4n) is 1.49. The number of anilines is 1. The van der Waals surface area contributed by atoms with Crippen molar-refractivity contribution in [2.24, 2.45) is 0 Å². The molecule has 1 rings (SSSR count). The number of alkyl halides is 3. The van der Waals surface area contributed by atoms with Crippen LogP contribution in [0.25, 0.3) is 0 Å². The molecule has 0 saturated carbocycles. The van der Waals surface area contributed by atoms with E-state index in [9.17, 15) is 18.0 Å². The van der Waals surface area contributed by atoms with Gasteiger partial charge in [-0.2, -0.15) is 13.2 Å². The number of carbonyl (C=O) groups is 1. The molecule has 0 heterocycles. The van der Waals surface area contributed by atoms with Crippen molar-refractivity contribution in [2.45, 2.75) is 25.9 Å². The number of halogens is 4. The highest BCUT2D eigenvalue weighted by Crippen LogP contribution is 2.33. The van der Waals surface area contributed by atoms with Crippen molar-refractivity contribution in [3.63, 3.8) is 0 Å². The summed E-state index contributed by atoms with van der Waals surface area (Å²) in [4.78, 5) is 11.6.